The highest BCUT2D eigenvalue weighted by Gasteiger charge is 2.30. The zero-order valence-electron chi connectivity index (χ0n) is 11.7. The Balaban J connectivity index is 2.85. The van der Waals surface area contributed by atoms with Crippen LogP contribution in [0.1, 0.15) is 19.4 Å². The lowest BCUT2D eigenvalue weighted by molar-refractivity contribution is -0.152. The lowest BCUT2D eigenvalue weighted by atomic mass is 9.95. The smallest absolute Gasteiger partial charge is 0.314 e. The molecule has 1 rings (SSSR count). The largest absolute Gasteiger partial charge is 0.489 e. The van der Waals surface area contributed by atoms with E-state index >= 15 is 0 Å². The molecule has 19 heavy (non-hydrogen) atoms. The van der Waals surface area contributed by atoms with Crippen LogP contribution in [0.4, 0.5) is 4.39 Å². The van der Waals surface area contributed by atoms with E-state index in [-0.39, 0.29) is 18.3 Å². The number of nitrogens with one attached hydrogen (secondary N) is 1. The molecule has 1 N–H and O–H groups in total. The fraction of sp³-hybridized carbons (Fsp3) is 0.500. The maximum absolute atomic E-state index is 13.8. The van der Waals surface area contributed by atoms with E-state index in [1.165, 1.54) is 13.2 Å². The number of ether oxygens (including phenoxy) is 2. The summed E-state index contributed by atoms with van der Waals surface area (Å²) in [6, 6.07) is 4.74. The lowest BCUT2D eigenvalue weighted by Gasteiger charge is -2.22. The summed E-state index contributed by atoms with van der Waals surface area (Å²) in [4.78, 5) is 11.5. The summed E-state index contributed by atoms with van der Waals surface area (Å²) < 4.78 is 23.9. The number of methoxy groups -OCH3 is 1. The first kappa shape index (κ1) is 15.4. The first-order chi connectivity index (χ1) is 8.92. The molecule has 1 aromatic rings. The quantitative estimate of drug-likeness (QED) is 0.804. The van der Waals surface area contributed by atoms with Crippen molar-refractivity contribution in [2.75, 3.05) is 20.8 Å². The monoisotopic (exact) mass is 269 g/mol. The minimum Gasteiger partial charge on any atom is -0.489 e. The van der Waals surface area contributed by atoms with E-state index in [0.717, 1.165) is 0 Å². The minimum absolute atomic E-state index is 0.0529. The van der Waals surface area contributed by atoms with Gasteiger partial charge in [-0.1, -0.05) is 12.1 Å². The van der Waals surface area contributed by atoms with E-state index in [2.05, 4.69) is 10.1 Å². The van der Waals surface area contributed by atoms with Crippen molar-refractivity contribution in [3.8, 4) is 5.75 Å². The van der Waals surface area contributed by atoms with Crippen LogP contribution in [0.2, 0.25) is 0 Å². The number of hydrogen-bond donors (Lipinski definition) is 1. The van der Waals surface area contributed by atoms with Gasteiger partial charge in [0.2, 0.25) is 0 Å². The molecule has 0 saturated carbocycles. The molecule has 0 spiro atoms. The second-order valence-electron chi connectivity index (χ2n) is 4.92. The maximum atomic E-state index is 13.8. The van der Waals surface area contributed by atoms with E-state index in [9.17, 15) is 9.18 Å². The Labute approximate surface area is 112 Å². The van der Waals surface area contributed by atoms with Crippen molar-refractivity contribution in [1.82, 2.24) is 5.32 Å². The third kappa shape index (κ3) is 3.92. The van der Waals surface area contributed by atoms with E-state index in [0.29, 0.717) is 12.1 Å². The van der Waals surface area contributed by atoms with Gasteiger partial charge in [0.1, 0.15) is 6.61 Å². The third-order valence-electron chi connectivity index (χ3n) is 2.73. The summed E-state index contributed by atoms with van der Waals surface area (Å²) in [5.74, 6) is -0.652. The van der Waals surface area contributed by atoms with Gasteiger partial charge in [0.25, 0.3) is 0 Å². The molecule has 1 aromatic carbocycles. The van der Waals surface area contributed by atoms with Crippen LogP contribution in [0.3, 0.4) is 0 Å². The number of esters is 1. The van der Waals surface area contributed by atoms with Crippen molar-refractivity contribution < 1.29 is 18.7 Å². The van der Waals surface area contributed by atoms with Gasteiger partial charge in [-0.2, -0.15) is 0 Å². The van der Waals surface area contributed by atoms with Crippen LogP contribution in [0.5, 0.6) is 5.75 Å². The van der Waals surface area contributed by atoms with Gasteiger partial charge in [-0.05, 0) is 27.0 Å². The summed E-state index contributed by atoms with van der Waals surface area (Å²) in [6.07, 6.45) is 0. The van der Waals surface area contributed by atoms with Crippen LogP contribution in [-0.4, -0.2) is 26.7 Å². The molecule has 106 valence electrons. The Hall–Kier alpha value is -1.62. The van der Waals surface area contributed by atoms with Crippen LogP contribution < -0.4 is 10.1 Å². The second-order valence-corrected chi connectivity index (χ2v) is 4.92. The van der Waals surface area contributed by atoms with Crippen molar-refractivity contribution in [2.24, 2.45) is 5.41 Å². The molecule has 0 radical (unpaired) electrons. The number of hydrogen-bond acceptors (Lipinski definition) is 4. The molecule has 5 heteroatoms. The molecule has 0 atom stereocenters. The Morgan fingerprint density at radius 1 is 1.42 bits per heavy atom. The number of benzene rings is 1. The average molecular weight is 269 g/mol. The summed E-state index contributed by atoms with van der Waals surface area (Å²) in [5, 5.41) is 2.94. The summed E-state index contributed by atoms with van der Waals surface area (Å²) in [7, 11) is 3.09. The van der Waals surface area contributed by atoms with Crippen LogP contribution in [-0.2, 0) is 16.1 Å². The molecular weight excluding hydrogens is 249 g/mol. The highest BCUT2D eigenvalue weighted by Crippen LogP contribution is 2.26. The van der Waals surface area contributed by atoms with Crippen LogP contribution in [0.25, 0.3) is 0 Å². The fourth-order valence-corrected chi connectivity index (χ4v) is 1.63. The Kier molecular flexibility index (Phi) is 5.30. The highest BCUT2D eigenvalue weighted by molar-refractivity contribution is 5.75. The molecule has 0 bridgehead atoms. The number of carbonyl (C=O) groups is 1. The van der Waals surface area contributed by atoms with Gasteiger partial charge in [0.05, 0.1) is 12.5 Å². The lowest BCUT2D eigenvalue weighted by Crippen LogP contribution is -2.32. The molecule has 0 aromatic heterocycles. The van der Waals surface area contributed by atoms with Gasteiger partial charge in [0, 0.05) is 12.1 Å². The summed E-state index contributed by atoms with van der Waals surface area (Å²) in [6.45, 7) is 3.93. The van der Waals surface area contributed by atoms with Gasteiger partial charge >= 0.3 is 5.97 Å². The van der Waals surface area contributed by atoms with Gasteiger partial charge in [-0.15, -0.1) is 0 Å². The molecule has 0 aliphatic heterocycles. The molecule has 0 heterocycles. The van der Waals surface area contributed by atoms with Crippen molar-refractivity contribution in [3.63, 3.8) is 0 Å². The number of para-hydroxylation sites is 1. The van der Waals surface area contributed by atoms with E-state index in [4.69, 9.17) is 4.74 Å². The molecule has 0 saturated heterocycles. The minimum atomic E-state index is -0.825. The van der Waals surface area contributed by atoms with Gasteiger partial charge in [-0.25, -0.2) is 4.39 Å². The standard InChI is InChI=1S/C14H20FNO3/c1-14(2,13(17)18-4)9-19-12-10(8-16-3)6-5-7-11(12)15/h5-7,16H,8-9H2,1-4H3. The van der Waals surface area contributed by atoms with Crippen molar-refractivity contribution in [1.29, 1.82) is 0 Å². The molecule has 0 unspecified atom stereocenters. The van der Waals surface area contributed by atoms with Crippen molar-refractivity contribution in [2.45, 2.75) is 20.4 Å². The topological polar surface area (TPSA) is 47.6 Å². The molecule has 4 nitrogen and oxygen atoms in total. The molecular formula is C14H20FNO3. The van der Waals surface area contributed by atoms with E-state index in [1.54, 1.807) is 33.0 Å². The number of halogens is 1. The zero-order valence-corrected chi connectivity index (χ0v) is 11.7. The number of rotatable bonds is 6. The fourth-order valence-electron chi connectivity index (χ4n) is 1.63. The Bertz CT molecular complexity index is 446. The normalized spacial score (nSPS) is 11.2. The SMILES string of the molecule is CNCc1cccc(F)c1OCC(C)(C)C(=O)OC. The predicted octanol–water partition coefficient (Wildman–Crippen LogP) is 2.12. The molecule has 0 amide bonds. The highest BCUT2D eigenvalue weighted by atomic mass is 19.1. The van der Waals surface area contributed by atoms with E-state index in [1.807, 2.05) is 0 Å². The third-order valence-corrected chi connectivity index (χ3v) is 2.73. The van der Waals surface area contributed by atoms with Crippen molar-refractivity contribution >= 4 is 5.97 Å². The first-order valence-electron chi connectivity index (χ1n) is 6.05. The zero-order chi connectivity index (χ0) is 14.5. The summed E-state index contributed by atoms with van der Waals surface area (Å²) in [5.41, 5.74) is -0.114. The van der Waals surface area contributed by atoms with Crippen molar-refractivity contribution in [3.05, 3.63) is 29.6 Å². The molecule has 0 fully saturated rings. The van der Waals surface area contributed by atoms with E-state index < -0.39 is 11.2 Å². The van der Waals surface area contributed by atoms with Gasteiger partial charge in [0.15, 0.2) is 11.6 Å². The first-order valence-corrected chi connectivity index (χ1v) is 6.05. The second kappa shape index (κ2) is 6.52. The van der Waals surface area contributed by atoms with Gasteiger partial charge < -0.3 is 14.8 Å². The average Bonchev–Trinajstić information content (AvgIpc) is 2.37. The van der Waals surface area contributed by atoms with Crippen LogP contribution in [0, 0.1) is 11.2 Å². The van der Waals surface area contributed by atoms with Crippen LogP contribution in [0.15, 0.2) is 18.2 Å². The van der Waals surface area contributed by atoms with Crippen LogP contribution >= 0.6 is 0 Å². The maximum Gasteiger partial charge on any atom is 0.314 e. The molecule has 0 aliphatic carbocycles. The Morgan fingerprint density at radius 3 is 2.68 bits per heavy atom. The predicted molar refractivity (Wildman–Crippen MR) is 70.5 cm³/mol. The Morgan fingerprint density at radius 2 is 2.11 bits per heavy atom. The number of carbonyl (C=O) groups excluding carboxylic acids is 1. The van der Waals surface area contributed by atoms with Gasteiger partial charge in [-0.3, -0.25) is 4.79 Å². The summed E-state index contributed by atoms with van der Waals surface area (Å²) >= 11 is 0. The molecule has 0 aliphatic rings.